The molecule has 2 aromatic rings. The van der Waals surface area contributed by atoms with Gasteiger partial charge in [0.2, 0.25) is 5.56 Å². The third kappa shape index (κ3) is 2.56. The number of nitrogens with one attached hydrogen (secondary N) is 1. The summed E-state index contributed by atoms with van der Waals surface area (Å²) in [6.07, 6.45) is 0.105. The smallest absolute Gasteiger partial charge is 0.248 e. The second-order valence-corrected chi connectivity index (χ2v) is 4.52. The molecular weight excluding hydrogens is 271 g/mol. The molecule has 0 fully saturated rings. The molecule has 1 N–H and O–H groups in total. The summed E-state index contributed by atoms with van der Waals surface area (Å²) in [5.74, 6) is 0. The van der Waals surface area contributed by atoms with E-state index in [9.17, 15) is 4.79 Å². The van der Waals surface area contributed by atoms with Crippen LogP contribution in [0.4, 0.5) is 0 Å². The molecule has 0 radical (unpaired) electrons. The van der Waals surface area contributed by atoms with Gasteiger partial charge in [-0.3, -0.25) is 4.79 Å². The van der Waals surface area contributed by atoms with E-state index in [0.29, 0.717) is 26.9 Å². The fourth-order valence-corrected chi connectivity index (χ4v) is 2.08. The largest absolute Gasteiger partial charge is 0.325 e. The zero-order valence-electron chi connectivity index (χ0n) is 9.21. The number of nitrogens with zero attached hydrogens (tertiary/aromatic N) is 1. The van der Waals surface area contributed by atoms with Crippen LogP contribution < -0.4 is 5.56 Å². The lowest BCUT2D eigenvalue weighted by atomic mass is 10.0. The van der Waals surface area contributed by atoms with Gasteiger partial charge >= 0.3 is 0 Å². The fraction of sp³-hybridized carbons (Fsp3) is 0.0769. The van der Waals surface area contributed by atoms with Crippen LogP contribution in [0.25, 0.3) is 11.1 Å². The highest BCUT2D eigenvalue weighted by atomic mass is 35.5. The van der Waals surface area contributed by atoms with Gasteiger partial charge in [-0.15, -0.1) is 0 Å². The Morgan fingerprint density at radius 2 is 1.94 bits per heavy atom. The minimum absolute atomic E-state index is 0.105. The molecule has 2 rings (SSSR count). The maximum Gasteiger partial charge on any atom is 0.248 e. The number of hydrogen-bond donors (Lipinski definition) is 1. The molecule has 3 nitrogen and oxygen atoms in total. The standard InChI is InChI=1S/C13H8Cl2N2O/c14-8-1-3-11(15)10(7-8)9-2-4-13(18)17-12(9)5-6-16/h1-4,7H,5H2,(H,17,18). The van der Waals surface area contributed by atoms with Crippen LogP contribution in [0.5, 0.6) is 0 Å². The van der Waals surface area contributed by atoms with Crippen LogP contribution in [0.2, 0.25) is 10.0 Å². The molecule has 0 bridgehead atoms. The lowest BCUT2D eigenvalue weighted by Gasteiger charge is -2.09. The summed E-state index contributed by atoms with van der Waals surface area (Å²) in [4.78, 5) is 13.9. The number of halogens is 2. The minimum atomic E-state index is -0.248. The SMILES string of the molecule is N#CCc1[nH]c(=O)ccc1-c1cc(Cl)ccc1Cl. The Morgan fingerprint density at radius 1 is 1.17 bits per heavy atom. The Labute approximate surface area is 114 Å². The van der Waals surface area contributed by atoms with E-state index >= 15 is 0 Å². The maximum atomic E-state index is 11.3. The van der Waals surface area contributed by atoms with Crippen molar-refractivity contribution in [2.75, 3.05) is 0 Å². The van der Waals surface area contributed by atoms with Crippen LogP contribution in [0, 0.1) is 11.3 Å². The topological polar surface area (TPSA) is 56.6 Å². The van der Waals surface area contributed by atoms with Gasteiger partial charge in [0.15, 0.2) is 0 Å². The highest BCUT2D eigenvalue weighted by Crippen LogP contribution is 2.31. The zero-order chi connectivity index (χ0) is 13.1. The molecule has 0 aliphatic carbocycles. The number of aromatic amines is 1. The molecule has 1 aromatic carbocycles. The number of rotatable bonds is 2. The van der Waals surface area contributed by atoms with Crippen molar-refractivity contribution < 1.29 is 0 Å². The van der Waals surface area contributed by atoms with Crippen molar-refractivity contribution in [2.45, 2.75) is 6.42 Å². The lowest BCUT2D eigenvalue weighted by Crippen LogP contribution is -2.08. The van der Waals surface area contributed by atoms with Gasteiger partial charge in [-0.25, -0.2) is 0 Å². The summed E-state index contributed by atoms with van der Waals surface area (Å²) in [6, 6.07) is 10.1. The molecule has 0 atom stereocenters. The minimum Gasteiger partial charge on any atom is -0.325 e. The number of H-pyrrole nitrogens is 1. The first-order valence-corrected chi connectivity index (χ1v) is 5.92. The van der Waals surface area contributed by atoms with Crippen LogP contribution >= 0.6 is 23.2 Å². The van der Waals surface area contributed by atoms with Gasteiger partial charge in [0.25, 0.3) is 0 Å². The summed E-state index contributed by atoms with van der Waals surface area (Å²) >= 11 is 12.0. The average molecular weight is 279 g/mol. The Bertz CT molecular complexity index is 686. The number of pyridine rings is 1. The van der Waals surface area contributed by atoms with Gasteiger partial charge in [0.05, 0.1) is 12.5 Å². The van der Waals surface area contributed by atoms with E-state index in [1.807, 2.05) is 6.07 Å². The number of nitriles is 1. The summed E-state index contributed by atoms with van der Waals surface area (Å²) in [6.45, 7) is 0. The molecule has 90 valence electrons. The van der Waals surface area contributed by atoms with Crippen molar-refractivity contribution in [2.24, 2.45) is 0 Å². The van der Waals surface area contributed by atoms with Crippen LogP contribution in [0.15, 0.2) is 35.1 Å². The zero-order valence-corrected chi connectivity index (χ0v) is 10.7. The van der Waals surface area contributed by atoms with Gasteiger partial charge in [-0.05, 0) is 24.3 Å². The molecule has 0 saturated carbocycles. The third-order valence-electron chi connectivity index (χ3n) is 2.47. The van der Waals surface area contributed by atoms with E-state index in [1.165, 1.54) is 6.07 Å². The second kappa shape index (κ2) is 5.26. The highest BCUT2D eigenvalue weighted by Gasteiger charge is 2.10. The number of benzene rings is 1. The highest BCUT2D eigenvalue weighted by molar-refractivity contribution is 6.35. The first-order valence-electron chi connectivity index (χ1n) is 5.16. The Balaban J connectivity index is 2.67. The Hall–Kier alpha value is -1.76. The van der Waals surface area contributed by atoms with Crippen molar-refractivity contribution in [3.8, 4) is 17.2 Å². The van der Waals surface area contributed by atoms with Crippen LogP contribution in [0.1, 0.15) is 5.69 Å². The van der Waals surface area contributed by atoms with Gasteiger partial charge in [0.1, 0.15) is 0 Å². The van der Waals surface area contributed by atoms with Gasteiger partial charge in [0, 0.05) is 32.9 Å². The van der Waals surface area contributed by atoms with Crippen molar-refractivity contribution in [3.63, 3.8) is 0 Å². The summed E-state index contributed by atoms with van der Waals surface area (Å²) < 4.78 is 0. The predicted octanol–water partition coefficient (Wildman–Crippen LogP) is 3.41. The molecule has 0 aliphatic heterocycles. The maximum absolute atomic E-state index is 11.3. The van der Waals surface area contributed by atoms with Crippen LogP contribution in [-0.2, 0) is 6.42 Å². The quantitative estimate of drug-likeness (QED) is 0.915. The van der Waals surface area contributed by atoms with E-state index in [2.05, 4.69) is 4.98 Å². The van der Waals surface area contributed by atoms with E-state index in [4.69, 9.17) is 28.5 Å². The number of hydrogen-bond acceptors (Lipinski definition) is 2. The Morgan fingerprint density at radius 3 is 2.67 bits per heavy atom. The van der Waals surface area contributed by atoms with Crippen molar-refractivity contribution in [3.05, 3.63) is 56.4 Å². The summed E-state index contributed by atoms with van der Waals surface area (Å²) in [5, 5.41) is 9.84. The molecule has 0 spiro atoms. The van der Waals surface area contributed by atoms with E-state index in [1.54, 1.807) is 24.3 Å². The predicted molar refractivity (Wildman–Crippen MR) is 71.8 cm³/mol. The molecular formula is C13H8Cl2N2O. The monoisotopic (exact) mass is 278 g/mol. The van der Waals surface area contributed by atoms with E-state index < -0.39 is 0 Å². The van der Waals surface area contributed by atoms with Gasteiger partial charge in [-0.1, -0.05) is 23.2 Å². The first kappa shape index (κ1) is 12.7. The average Bonchev–Trinajstić information content (AvgIpc) is 2.33. The van der Waals surface area contributed by atoms with E-state index in [-0.39, 0.29) is 12.0 Å². The Kier molecular flexibility index (Phi) is 3.71. The number of aromatic nitrogens is 1. The summed E-state index contributed by atoms with van der Waals surface area (Å²) in [5.41, 5.74) is 1.70. The normalized spacial score (nSPS) is 10.1. The van der Waals surface area contributed by atoms with E-state index in [0.717, 1.165) is 0 Å². The lowest BCUT2D eigenvalue weighted by molar-refractivity contribution is 1.08. The fourth-order valence-electron chi connectivity index (χ4n) is 1.69. The first-order chi connectivity index (χ1) is 8.61. The molecule has 18 heavy (non-hydrogen) atoms. The van der Waals surface area contributed by atoms with Crippen LogP contribution in [0.3, 0.4) is 0 Å². The van der Waals surface area contributed by atoms with Gasteiger partial charge in [-0.2, -0.15) is 5.26 Å². The second-order valence-electron chi connectivity index (χ2n) is 3.67. The van der Waals surface area contributed by atoms with Crippen molar-refractivity contribution in [1.29, 1.82) is 5.26 Å². The molecule has 5 heteroatoms. The third-order valence-corrected chi connectivity index (χ3v) is 3.04. The molecule has 1 heterocycles. The van der Waals surface area contributed by atoms with Crippen molar-refractivity contribution >= 4 is 23.2 Å². The molecule has 0 aliphatic rings. The molecule has 1 aromatic heterocycles. The summed E-state index contributed by atoms with van der Waals surface area (Å²) in [7, 11) is 0. The molecule has 0 unspecified atom stereocenters. The molecule has 0 amide bonds. The van der Waals surface area contributed by atoms with Crippen molar-refractivity contribution in [1.82, 2.24) is 4.98 Å². The van der Waals surface area contributed by atoms with Gasteiger partial charge < -0.3 is 4.98 Å². The van der Waals surface area contributed by atoms with Crippen LogP contribution in [-0.4, -0.2) is 4.98 Å². The molecule has 0 saturated heterocycles.